The number of nitrogens with two attached hydrogens (primary N) is 1. The van der Waals surface area contributed by atoms with E-state index in [0.29, 0.717) is 6.42 Å². The Morgan fingerprint density at radius 2 is 2.13 bits per heavy atom. The Morgan fingerprint density at radius 3 is 2.73 bits per heavy atom. The normalized spacial score (nSPS) is 22.5. The lowest BCUT2D eigenvalue weighted by Gasteiger charge is -2.34. The highest BCUT2D eigenvalue weighted by atomic mass is 16.4. The third kappa shape index (κ3) is 4.29. The number of carbonyl (C=O) groups excluding carboxylic acids is 1. The molecular weight excluding hydrogens is 196 g/mol. The van der Waals surface area contributed by atoms with Gasteiger partial charge in [-0.1, -0.05) is 6.42 Å². The summed E-state index contributed by atoms with van der Waals surface area (Å²) in [5.41, 5.74) is 5.14. The monoisotopic (exact) mass is 214 g/mol. The Hall–Kier alpha value is -1.10. The standard InChI is InChI=1S/C10H18N2O3/c11-9(13)7-12-6-2-1-3-8(12)4-5-10(14)15/h8H,1-7H2,(H2,11,13)(H,14,15). The van der Waals surface area contributed by atoms with E-state index >= 15 is 0 Å². The van der Waals surface area contributed by atoms with Crippen molar-refractivity contribution < 1.29 is 14.7 Å². The van der Waals surface area contributed by atoms with Crippen LogP contribution in [0.5, 0.6) is 0 Å². The van der Waals surface area contributed by atoms with Gasteiger partial charge in [0.2, 0.25) is 5.91 Å². The number of primary amides is 1. The smallest absolute Gasteiger partial charge is 0.303 e. The quantitative estimate of drug-likeness (QED) is 0.684. The van der Waals surface area contributed by atoms with E-state index in [1.807, 2.05) is 4.90 Å². The average Bonchev–Trinajstić information content (AvgIpc) is 2.15. The van der Waals surface area contributed by atoms with Crippen LogP contribution in [0.3, 0.4) is 0 Å². The number of piperidine rings is 1. The molecular formula is C10H18N2O3. The minimum Gasteiger partial charge on any atom is -0.481 e. The number of hydrogen-bond donors (Lipinski definition) is 2. The zero-order valence-electron chi connectivity index (χ0n) is 8.82. The number of likely N-dealkylation sites (tertiary alicyclic amines) is 1. The Morgan fingerprint density at radius 1 is 1.40 bits per heavy atom. The molecule has 15 heavy (non-hydrogen) atoms. The number of aliphatic carboxylic acids is 1. The molecule has 1 saturated heterocycles. The number of carboxylic acids is 1. The van der Waals surface area contributed by atoms with Crippen LogP contribution in [0.15, 0.2) is 0 Å². The van der Waals surface area contributed by atoms with E-state index in [2.05, 4.69) is 0 Å². The molecule has 1 aliphatic heterocycles. The molecule has 86 valence electrons. The van der Waals surface area contributed by atoms with Gasteiger partial charge in [0.05, 0.1) is 6.54 Å². The van der Waals surface area contributed by atoms with Crippen molar-refractivity contribution in [3.8, 4) is 0 Å². The van der Waals surface area contributed by atoms with Crippen LogP contribution in [0.25, 0.3) is 0 Å². The highest BCUT2D eigenvalue weighted by Gasteiger charge is 2.23. The van der Waals surface area contributed by atoms with Crippen LogP contribution in [0, 0.1) is 0 Å². The van der Waals surface area contributed by atoms with E-state index in [1.165, 1.54) is 0 Å². The summed E-state index contributed by atoms with van der Waals surface area (Å²) in [6.45, 7) is 1.11. The molecule has 1 rings (SSSR count). The Labute approximate surface area is 89.2 Å². The van der Waals surface area contributed by atoms with Gasteiger partial charge in [-0.3, -0.25) is 14.5 Å². The van der Waals surface area contributed by atoms with E-state index in [0.717, 1.165) is 25.8 Å². The third-order valence-electron chi connectivity index (χ3n) is 2.80. The first-order chi connectivity index (χ1) is 7.09. The van der Waals surface area contributed by atoms with Crippen LogP contribution >= 0.6 is 0 Å². The maximum atomic E-state index is 10.8. The minimum atomic E-state index is -0.778. The molecule has 5 heteroatoms. The number of nitrogens with zero attached hydrogens (tertiary/aromatic N) is 1. The molecule has 0 aliphatic carbocycles. The second-order valence-electron chi connectivity index (χ2n) is 4.02. The van der Waals surface area contributed by atoms with Crippen LogP contribution < -0.4 is 5.73 Å². The minimum absolute atomic E-state index is 0.167. The molecule has 0 spiro atoms. The number of carboxylic acid groups (broad SMARTS) is 1. The van der Waals surface area contributed by atoms with Crippen molar-refractivity contribution in [1.29, 1.82) is 0 Å². The molecule has 3 N–H and O–H groups in total. The van der Waals surface area contributed by atoms with Gasteiger partial charge in [-0.15, -0.1) is 0 Å². The summed E-state index contributed by atoms with van der Waals surface area (Å²) in [6, 6.07) is 0.211. The van der Waals surface area contributed by atoms with E-state index in [4.69, 9.17) is 10.8 Å². The van der Waals surface area contributed by atoms with Gasteiger partial charge < -0.3 is 10.8 Å². The first-order valence-corrected chi connectivity index (χ1v) is 5.33. The average molecular weight is 214 g/mol. The van der Waals surface area contributed by atoms with Crippen LogP contribution in [0.4, 0.5) is 0 Å². The van der Waals surface area contributed by atoms with Crippen molar-refractivity contribution in [1.82, 2.24) is 4.90 Å². The van der Waals surface area contributed by atoms with Crippen molar-refractivity contribution >= 4 is 11.9 Å². The molecule has 0 aromatic carbocycles. The van der Waals surface area contributed by atoms with Gasteiger partial charge in [0.15, 0.2) is 0 Å². The lowest BCUT2D eigenvalue weighted by Crippen LogP contribution is -2.44. The topological polar surface area (TPSA) is 83.6 Å². The molecule has 1 heterocycles. The van der Waals surface area contributed by atoms with Gasteiger partial charge in [-0.2, -0.15) is 0 Å². The molecule has 1 unspecified atom stereocenters. The van der Waals surface area contributed by atoms with Crippen molar-refractivity contribution in [2.24, 2.45) is 5.73 Å². The molecule has 1 atom stereocenters. The number of hydrogen-bond acceptors (Lipinski definition) is 3. The maximum Gasteiger partial charge on any atom is 0.303 e. The Bertz CT molecular complexity index is 243. The van der Waals surface area contributed by atoms with Gasteiger partial charge in [0.25, 0.3) is 0 Å². The highest BCUT2D eigenvalue weighted by molar-refractivity contribution is 5.76. The first kappa shape index (κ1) is 12.0. The summed E-state index contributed by atoms with van der Waals surface area (Å²) in [4.78, 5) is 23.3. The zero-order valence-corrected chi connectivity index (χ0v) is 8.82. The van der Waals surface area contributed by atoms with Gasteiger partial charge in [-0.05, 0) is 25.8 Å². The Kier molecular flexibility index (Phi) is 4.55. The Balaban J connectivity index is 2.42. The maximum absolute atomic E-state index is 10.8. The SMILES string of the molecule is NC(=O)CN1CCCCC1CCC(=O)O. The summed E-state index contributed by atoms with van der Waals surface area (Å²) < 4.78 is 0. The lowest BCUT2D eigenvalue weighted by molar-refractivity contribution is -0.137. The van der Waals surface area contributed by atoms with Crippen LogP contribution in [0.2, 0.25) is 0 Å². The van der Waals surface area contributed by atoms with E-state index < -0.39 is 5.97 Å². The van der Waals surface area contributed by atoms with E-state index in [-0.39, 0.29) is 24.9 Å². The highest BCUT2D eigenvalue weighted by Crippen LogP contribution is 2.20. The zero-order chi connectivity index (χ0) is 11.3. The summed E-state index contributed by atoms with van der Waals surface area (Å²) in [7, 11) is 0. The molecule has 1 aliphatic rings. The lowest BCUT2D eigenvalue weighted by atomic mass is 9.98. The van der Waals surface area contributed by atoms with Crippen LogP contribution in [-0.4, -0.2) is 41.0 Å². The van der Waals surface area contributed by atoms with Crippen molar-refractivity contribution in [2.75, 3.05) is 13.1 Å². The fourth-order valence-electron chi connectivity index (χ4n) is 2.09. The largest absolute Gasteiger partial charge is 0.481 e. The molecule has 1 fully saturated rings. The molecule has 0 aromatic heterocycles. The molecule has 5 nitrogen and oxygen atoms in total. The molecule has 0 aromatic rings. The summed E-state index contributed by atoms with van der Waals surface area (Å²) in [5.74, 6) is -1.11. The predicted molar refractivity (Wildman–Crippen MR) is 55.3 cm³/mol. The summed E-state index contributed by atoms with van der Waals surface area (Å²) in [6.07, 6.45) is 3.93. The fraction of sp³-hybridized carbons (Fsp3) is 0.800. The number of rotatable bonds is 5. The van der Waals surface area contributed by atoms with Crippen molar-refractivity contribution in [3.05, 3.63) is 0 Å². The summed E-state index contributed by atoms with van der Waals surface area (Å²) >= 11 is 0. The van der Waals surface area contributed by atoms with Crippen molar-refractivity contribution in [3.63, 3.8) is 0 Å². The number of carbonyl (C=O) groups is 2. The molecule has 0 bridgehead atoms. The van der Waals surface area contributed by atoms with Crippen LogP contribution in [-0.2, 0) is 9.59 Å². The molecule has 1 amide bonds. The second-order valence-corrected chi connectivity index (χ2v) is 4.02. The van der Waals surface area contributed by atoms with Gasteiger partial charge in [0, 0.05) is 12.5 Å². The third-order valence-corrected chi connectivity index (χ3v) is 2.80. The van der Waals surface area contributed by atoms with Gasteiger partial charge >= 0.3 is 5.97 Å². The number of amides is 1. The summed E-state index contributed by atoms with van der Waals surface area (Å²) in [5, 5.41) is 8.60. The first-order valence-electron chi connectivity index (χ1n) is 5.33. The van der Waals surface area contributed by atoms with Gasteiger partial charge in [-0.25, -0.2) is 0 Å². The predicted octanol–water partition coefficient (Wildman–Crippen LogP) is 0.191. The van der Waals surface area contributed by atoms with Gasteiger partial charge in [0.1, 0.15) is 0 Å². The van der Waals surface area contributed by atoms with E-state index in [1.54, 1.807) is 0 Å². The van der Waals surface area contributed by atoms with Crippen LogP contribution in [0.1, 0.15) is 32.1 Å². The van der Waals surface area contributed by atoms with E-state index in [9.17, 15) is 9.59 Å². The fourth-order valence-corrected chi connectivity index (χ4v) is 2.09. The second kappa shape index (κ2) is 5.70. The molecule has 0 radical (unpaired) electrons. The molecule has 0 saturated carbocycles. The van der Waals surface area contributed by atoms with Crippen molar-refractivity contribution in [2.45, 2.75) is 38.1 Å².